The molecular weight excluding hydrogens is 436 g/mol. The van der Waals surface area contributed by atoms with Gasteiger partial charge >= 0.3 is 12.1 Å². The Kier molecular flexibility index (Phi) is 8.65. The molecule has 3 rings (SSSR count). The van der Waals surface area contributed by atoms with Crippen molar-refractivity contribution >= 4 is 18.0 Å². The Labute approximate surface area is 199 Å². The monoisotopic (exact) mass is 468 g/mol. The molecule has 182 valence electrons. The zero-order valence-corrected chi connectivity index (χ0v) is 19.8. The Balaban J connectivity index is 1.60. The minimum atomic E-state index is -1.22. The van der Waals surface area contributed by atoms with E-state index in [0.717, 1.165) is 22.3 Å². The Morgan fingerprint density at radius 1 is 1.03 bits per heavy atom. The van der Waals surface area contributed by atoms with E-state index in [0.29, 0.717) is 19.6 Å². The lowest BCUT2D eigenvalue weighted by molar-refractivity contribution is -0.142. The molecule has 1 unspecified atom stereocenters. The number of hydrogen-bond donors (Lipinski definition) is 2. The van der Waals surface area contributed by atoms with Crippen molar-refractivity contribution in [2.75, 3.05) is 26.8 Å². The topological polar surface area (TPSA) is 105 Å². The fourth-order valence-electron chi connectivity index (χ4n) is 4.15. The van der Waals surface area contributed by atoms with Crippen molar-refractivity contribution in [3.05, 3.63) is 59.7 Å². The van der Waals surface area contributed by atoms with Crippen LogP contribution in [0.15, 0.2) is 48.5 Å². The predicted octanol–water partition coefficient (Wildman–Crippen LogP) is 3.64. The number of likely N-dealkylation sites (N-methyl/N-ethyl adjacent to an activating group) is 1. The Bertz CT molecular complexity index is 976. The third-order valence-electron chi connectivity index (χ3n) is 5.78. The standard InChI is InChI=1S/C26H32N2O6/c1-17(2)33-14-8-13-28(3)25(31)23(15-24(29)30)27-26(32)34-16-22-20-11-6-4-9-18(20)19-10-5-7-12-21(19)22/h4-7,9-12,17,22-23H,8,13-16H2,1-3H3,(H,27,32)(H,29,30). The normalized spacial score (nSPS) is 13.2. The lowest BCUT2D eigenvalue weighted by atomic mass is 9.98. The number of carbonyl (C=O) groups excluding carboxylic acids is 2. The third-order valence-corrected chi connectivity index (χ3v) is 5.78. The first-order chi connectivity index (χ1) is 16.3. The molecule has 0 heterocycles. The van der Waals surface area contributed by atoms with E-state index in [1.807, 2.05) is 62.4 Å². The van der Waals surface area contributed by atoms with Crippen LogP contribution < -0.4 is 5.32 Å². The second kappa shape index (κ2) is 11.7. The van der Waals surface area contributed by atoms with E-state index in [9.17, 15) is 19.5 Å². The van der Waals surface area contributed by atoms with Crippen molar-refractivity contribution in [2.45, 2.75) is 44.8 Å². The summed E-state index contributed by atoms with van der Waals surface area (Å²) in [5.41, 5.74) is 4.35. The van der Waals surface area contributed by atoms with Gasteiger partial charge in [-0.15, -0.1) is 0 Å². The van der Waals surface area contributed by atoms with Gasteiger partial charge in [0.25, 0.3) is 0 Å². The van der Waals surface area contributed by atoms with Crippen molar-refractivity contribution in [1.82, 2.24) is 10.2 Å². The maximum Gasteiger partial charge on any atom is 0.407 e. The van der Waals surface area contributed by atoms with Gasteiger partial charge in [0, 0.05) is 26.1 Å². The zero-order chi connectivity index (χ0) is 24.7. The first-order valence-corrected chi connectivity index (χ1v) is 11.5. The van der Waals surface area contributed by atoms with Crippen molar-refractivity contribution in [3.8, 4) is 11.1 Å². The summed E-state index contributed by atoms with van der Waals surface area (Å²) in [6.07, 6.45) is -0.657. The first kappa shape index (κ1) is 25.2. The molecule has 0 radical (unpaired) electrons. The number of carboxylic acids is 1. The van der Waals surface area contributed by atoms with E-state index in [-0.39, 0.29) is 18.6 Å². The van der Waals surface area contributed by atoms with Gasteiger partial charge < -0.3 is 24.8 Å². The highest BCUT2D eigenvalue weighted by Crippen LogP contribution is 2.44. The second-order valence-electron chi connectivity index (χ2n) is 8.65. The minimum absolute atomic E-state index is 0.0796. The quantitative estimate of drug-likeness (QED) is 0.488. The number of hydrogen-bond acceptors (Lipinski definition) is 5. The summed E-state index contributed by atoms with van der Waals surface area (Å²) in [6, 6.07) is 14.7. The number of carbonyl (C=O) groups is 3. The SMILES string of the molecule is CC(C)OCCCN(C)C(=O)C(CC(=O)O)NC(=O)OCC1c2ccccc2-c2ccccc21. The van der Waals surface area contributed by atoms with Crippen LogP contribution in [0.4, 0.5) is 4.79 Å². The molecule has 2 amide bonds. The molecule has 0 bridgehead atoms. The van der Waals surface area contributed by atoms with Gasteiger partial charge in [0.1, 0.15) is 12.6 Å². The largest absolute Gasteiger partial charge is 0.481 e. The molecule has 8 nitrogen and oxygen atoms in total. The van der Waals surface area contributed by atoms with Crippen LogP contribution in [0.2, 0.25) is 0 Å². The van der Waals surface area contributed by atoms with Gasteiger partial charge in [-0.2, -0.15) is 0 Å². The molecule has 1 aliphatic carbocycles. The average molecular weight is 469 g/mol. The fourth-order valence-corrected chi connectivity index (χ4v) is 4.15. The third kappa shape index (κ3) is 6.35. The molecule has 2 aromatic carbocycles. The van der Waals surface area contributed by atoms with Crippen molar-refractivity contribution in [1.29, 1.82) is 0 Å². The number of aliphatic carboxylic acids is 1. The molecule has 2 N–H and O–H groups in total. The van der Waals surface area contributed by atoms with E-state index in [2.05, 4.69) is 5.32 Å². The number of rotatable bonds is 11. The molecule has 0 aliphatic heterocycles. The number of nitrogens with one attached hydrogen (secondary N) is 1. The van der Waals surface area contributed by atoms with Crippen LogP contribution in [-0.4, -0.2) is 66.9 Å². The van der Waals surface area contributed by atoms with E-state index in [1.165, 1.54) is 4.90 Å². The summed E-state index contributed by atoms with van der Waals surface area (Å²) < 4.78 is 10.9. The minimum Gasteiger partial charge on any atom is -0.481 e. The maximum atomic E-state index is 12.8. The van der Waals surface area contributed by atoms with Gasteiger partial charge in [0.2, 0.25) is 5.91 Å². The van der Waals surface area contributed by atoms with Gasteiger partial charge in [-0.25, -0.2) is 4.79 Å². The Morgan fingerprint density at radius 3 is 2.18 bits per heavy atom. The highest BCUT2D eigenvalue weighted by molar-refractivity contribution is 5.89. The molecule has 0 saturated carbocycles. The molecule has 1 atom stereocenters. The molecule has 1 aliphatic rings. The smallest absolute Gasteiger partial charge is 0.407 e. The van der Waals surface area contributed by atoms with Crippen LogP contribution in [0.3, 0.4) is 0 Å². The molecule has 8 heteroatoms. The van der Waals surface area contributed by atoms with E-state index >= 15 is 0 Å². The highest BCUT2D eigenvalue weighted by Gasteiger charge is 2.31. The molecule has 0 spiro atoms. The molecule has 0 saturated heterocycles. The zero-order valence-electron chi connectivity index (χ0n) is 19.8. The lowest BCUT2D eigenvalue weighted by Crippen LogP contribution is -2.49. The van der Waals surface area contributed by atoms with Gasteiger partial charge in [-0.05, 0) is 42.5 Å². The number of nitrogens with zero attached hydrogens (tertiary/aromatic N) is 1. The van der Waals surface area contributed by atoms with Crippen LogP contribution in [0.1, 0.15) is 43.7 Å². The summed E-state index contributed by atoms with van der Waals surface area (Å²) >= 11 is 0. The molecule has 2 aromatic rings. The van der Waals surface area contributed by atoms with Crippen LogP contribution in [0.5, 0.6) is 0 Å². The molecule has 34 heavy (non-hydrogen) atoms. The van der Waals surface area contributed by atoms with E-state index < -0.39 is 30.4 Å². The summed E-state index contributed by atoms with van der Waals surface area (Å²) in [5, 5.41) is 11.7. The molecular formula is C26H32N2O6. The number of ether oxygens (including phenoxy) is 2. The number of carboxylic acid groups (broad SMARTS) is 1. The number of alkyl carbamates (subject to hydrolysis) is 1. The van der Waals surface area contributed by atoms with Gasteiger partial charge in [-0.1, -0.05) is 48.5 Å². The fraction of sp³-hybridized carbons (Fsp3) is 0.423. The lowest BCUT2D eigenvalue weighted by Gasteiger charge is -2.24. The second-order valence-corrected chi connectivity index (χ2v) is 8.65. The van der Waals surface area contributed by atoms with Crippen molar-refractivity contribution in [2.24, 2.45) is 0 Å². The van der Waals surface area contributed by atoms with Crippen molar-refractivity contribution < 1.29 is 29.0 Å². The van der Waals surface area contributed by atoms with Gasteiger partial charge in [0.05, 0.1) is 12.5 Å². The van der Waals surface area contributed by atoms with Crippen LogP contribution in [0, 0.1) is 0 Å². The number of amides is 2. The Hall–Kier alpha value is -3.39. The molecule has 0 aromatic heterocycles. The highest BCUT2D eigenvalue weighted by atomic mass is 16.5. The van der Waals surface area contributed by atoms with E-state index in [4.69, 9.17) is 9.47 Å². The number of fused-ring (bicyclic) bond motifs is 3. The summed E-state index contributed by atoms with van der Waals surface area (Å²) in [6.45, 7) is 4.80. The van der Waals surface area contributed by atoms with Crippen molar-refractivity contribution in [3.63, 3.8) is 0 Å². The molecule has 0 fully saturated rings. The average Bonchev–Trinajstić information content (AvgIpc) is 3.13. The van der Waals surface area contributed by atoms with Gasteiger partial charge in [-0.3, -0.25) is 9.59 Å². The number of benzene rings is 2. The Morgan fingerprint density at radius 2 is 1.62 bits per heavy atom. The first-order valence-electron chi connectivity index (χ1n) is 11.5. The maximum absolute atomic E-state index is 12.8. The van der Waals surface area contributed by atoms with Crippen LogP contribution in [-0.2, 0) is 19.1 Å². The predicted molar refractivity (Wildman–Crippen MR) is 128 cm³/mol. The van der Waals surface area contributed by atoms with Crippen LogP contribution >= 0.6 is 0 Å². The summed E-state index contributed by atoms with van der Waals surface area (Å²) in [4.78, 5) is 38.1. The summed E-state index contributed by atoms with van der Waals surface area (Å²) in [5.74, 6) is -1.80. The van der Waals surface area contributed by atoms with Crippen LogP contribution in [0.25, 0.3) is 11.1 Å². The van der Waals surface area contributed by atoms with Gasteiger partial charge in [0.15, 0.2) is 0 Å². The van der Waals surface area contributed by atoms with E-state index in [1.54, 1.807) is 7.05 Å². The summed E-state index contributed by atoms with van der Waals surface area (Å²) in [7, 11) is 1.58.